The lowest BCUT2D eigenvalue weighted by Crippen LogP contribution is -2.19. The summed E-state index contributed by atoms with van der Waals surface area (Å²) < 4.78 is 5.11. The van der Waals surface area contributed by atoms with Crippen molar-refractivity contribution in [1.29, 1.82) is 0 Å². The molecule has 0 saturated heterocycles. The maximum absolute atomic E-state index is 5.11. The first-order valence-corrected chi connectivity index (χ1v) is 5.75. The highest BCUT2D eigenvalue weighted by atomic mass is 32.2. The molecule has 1 N–H and O–H groups in total. The van der Waals surface area contributed by atoms with Crippen LogP contribution in [0.25, 0.3) is 0 Å². The van der Waals surface area contributed by atoms with Crippen molar-refractivity contribution in [2.75, 3.05) is 12.3 Å². The molecule has 1 aromatic rings. The van der Waals surface area contributed by atoms with E-state index >= 15 is 0 Å². The van der Waals surface area contributed by atoms with Crippen LogP contribution in [0.15, 0.2) is 34.3 Å². The number of nitrogens with zero attached hydrogens (tertiary/aromatic N) is 1. The van der Waals surface area contributed by atoms with Gasteiger partial charge >= 0.3 is 0 Å². The van der Waals surface area contributed by atoms with Gasteiger partial charge in [0, 0.05) is 18.3 Å². The first kappa shape index (κ1) is 9.80. The molecule has 14 heavy (non-hydrogen) atoms. The number of rotatable bonds is 6. The van der Waals surface area contributed by atoms with E-state index in [1.54, 1.807) is 24.2 Å². The average molecular weight is 210 g/mol. The summed E-state index contributed by atoms with van der Waals surface area (Å²) in [5.74, 6) is 0.875. The quantitative estimate of drug-likeness (QED) is 0.576. The van der Waals surface area contributed by atoms with Crippen molar-refractivity contribution in [2.24, 2.45) is 0 Å². The molecule has 1 aliphatic carbocycles. The number of hydrogen-bond acceptors (Lipinski definition) is 4. The molecule has 3 nitrogen and oxygen atoms in total. The van der Waals surface area contributed by atoms with Gasteiger partial charge in [0.1, 0.15) is 6.26 Å². The Hall–Kier alpha value is -0.740. The topological polar surface area (TPSA) is 38.1 Å². The van der Waals surface area contributed by atoms with E-state index in [0.717, 1.165) is 23.6 Å². The van der Waals surface area contributed by atoms with Crippen LogP contribution in [-0.2, 0) is 0 Å². The summed E-state index contributed by atoms with van der Waals surface area (Å²) in [5.41, 5.74) is 1.19. The molecule has 0 radical (unpaired) electrons. The van der Waals surface area contributed by atoms with Crippen molar-refractivity contribution in [1.82, 2.24) is 10.3 Å². The van der Waals surface area contributed by atoms with Gasteiger partial charge in [0.25, 0.3) is 5.22 Å². The van der Waals surface area contributed by atoms with E-state index in [1.165, 1.54) is 18.4 Å². The highest BCUT2D eigenvalue weighted by Gasteiger charge is 2.19. The second-order valence-corrected chi connectivity index (χ2v) is 4.42. The fourth-order valence-corrected chi connectivity index (χ4v) is 1.76. The molecular formula is C10H14N2OS. The third-order valence-corrected chi connectivity index (χ3v) is 3.03. The van der Waals surface area contributed by atoms with Crippen LogP contribution in [0.3, 0.4) is 0 Å². The molecule has 1 fully saturated rings. The molecule has 1 aromatic heterocycles. The number of aromatic nitrogens is 1. The number of nitrogens with one attached hydrogen (secondary N) is 1. The molecule has 76 valence electrons. The lowest BCUT2D eigenvalue weighted by Gasteiger charge is -2.04. The van der Waals surface area contributed by atoms with Crippen molar-refractivity contribution >= 4 is 11.8 Å². The van der Waals surface area contributed by atoms with Crippen LogP contribution >= 0.6 is 11.8 Å². The molecular weight excluding hydrogens is 196 g/mol. The van der Waals surface area contributed by atoms with E-state index in [-0.39, 0.29) is 0 Å². The third-order valence-electron chi connectivity index (χ3n) is 2.03. The van der Waals surface area contributed by atoms with Crippen molar-refractivity contribution in [2.45, 2.75) is 24.1 Å². The van der Waals surface area contributed by atoms with Crippen LogP contribution in [0.1, 0.15) is 12.8 Å². The van der Waals surface area contributed by atoms with Crippen LogP contribution < -0.4 is 5.32 Å². The standard InChI is InChI=1S/C10H14N2OS/c1-8(6-12-9-2-3-9)7-14-10-11-4-5-13-10/h4-5,9,12H,1-3,6-7H2. The molecule has 1 saturated carbocycles. The Morgan fingerprint density at radius 1 is 1.71 bits per heavy atom. The molecule has 0 aliphatic heterocycles. The van der Waals surface area contributed by atoms with Crippen LogP contribution in [0.4, 0.5) is 0 Å². The van der Waals surface area contributed by atoms with Crippen molar-refractivity contribution in [3.8, 4) is 0 Å². The lowest BCUT2D eigenvalue weighted by molar-refractivity contribution is 0.454. The molecule has 1 aliphatic rings. The molecule has 0 aromatic carbocycles. The second kappa shape index (κ2) is 4.66. The first-order valence-electron chi connectivity index (χ1n) is 4.77. The largest absolute Gasteiger partial charge is 0.440 e. The van der Waals surface area contributed by atoms with Crippen LogP contribution in [0, 0.1) is 0 Å². The van der Waals surface area contributed by atoms with Gasteiger partial charge in [0.05, 0.1) is 6.20 Å². The van der Waals surface area contributed by atoms with Gasteiger partial charge in [-0.05, 0) is 12.8 Å². The van der Waals surface area contributed by atoms with Gasteiger partial charge in [-0.3, -0.25) is 0 Å². The Balaban J connectivity index is 1.62. The van der Waals surface area contributed by atoms with Gasteiger partial charge in [-0.15, -0.1) is 0 Å². The van der Waals surface area contributed by atoms with Gasteiger partial charge in [-0.2, -0.15) is 0 Å². The Morgan fingerprint density at radius 3 is 3.21 bits per heavy atom. The Kier molecular flexibility index (Phi) is 3.26. The maximum Gasteiger partial charge on any atom is 0.255 e. The fourth-order valence-electron chi connectivity index (χ4n) is 1.07. The molecule has 1 heterocycles. The predicted octanol–water partition coefficient (Wildman–Crippen LogP) is 2.07. The zero-order valence-corrected chi connectivity index (χ0v) is 8.85. The van der Waals surface area contributed by atoms with Gasteiger partial charge in [-0.1, -0.05) is 23.9 Å². The maximum atomic E-state index is 5.11. The summed E-state index contributed by atoms with van der Waals surface area (Å²) in [6.45, 7) is 4.92. The number of hydrogen-bond donors (Lipinski definition) is 1. The number of thioether (sulfide) groups is 1. The van der Waals surface area contributed by atoms with E-state index in [0.29, 0.717) is 0 Å². The zero-order valence-electron chi connectivity index (χ0n) is 8.03. The molecule has 0 amide bonds. The second-order valence-electron chi connectivity index (χ2n) is 3.49. The predicted molar refractivity (Wildman–Crippen MR) is 57.4 cm³/mol. The SMILES string of the molecule is C=C(CNC1CC1)CSc1ncco1. The van der Waals surface area contributed by atoms with E-state index in [1.807, 2.05) is 0 Å². The highest BCUT2D eigenvalue weighted by molar-refractivity contribution is 7.99. The summed E-state index contributed by atoms with van der Waals surface area (Å²) >= 11 is 1.59. The van der Waals surface area contributed by atoms with E-state index < -0.39 is 0 Å². The molecule has 4 heteroatoms. The Morgan fingerprint density at radius 2 is 2.57 bits per heavy atom. The zero-order chi connectivity index (χ0) is 9.80. The summed E-state index contributed by atoms with van der Waals surface area (Å²) in [6, 6.07) is 0.749. The average Bonchev–Trinajstić information content (AvgIpc) is 2.87. The fraction of sp³-hybridized carbons (Fsp3) is 0.500. The molecule has 0 spiro atoms. The van der Waals surface area contributed by atoms with E-state index in [2.05, 4.69) is 16.9 Å². The smallest absolute Gasteiger partial charge is 0.255 e. The summed E-state index contributed by atoms with van der Waals surface area (Å²) in [6.07, 6.45) is 5.89. The molecule has 0 bridgehead atoms. The molecule has 2 rings (SSSR count). The van der Waals surface area contributed by atoms with Crippen molar-refractivity contribution in [3.63, 3.8) is 0 Å². The van der Waals surface area contributed by atoms with Crippen molar-refractivity contribution in [3.05, 3.63) is 24.6 Å². The minimum absolute atomic E-state index is 0.720. The minimum atomic E-state index is 0.720. The summed E-state index contributed by atoms with van der Waals surface area (Å²) in [5, 5.41) is 4.14. The van der Waals surface area contributed by atoms with Crippen LogP contribution in [0.2, 0.25) is 0 Å². The van der Waals surface area contributed by atoms with E-state index in [9.17, 15) is 0 Å². The van der Waals surface area contributed by atoms with Gasteiger partial charge in [0.15, 0.2) is 0 Å². The molecule has 0 unspecified atom stereocenters. The van der Waals surface area contributed by atoms with Gasteiger partial charge in [0.2, 0.25) is 0 Å². The molecule has 0 atom stereocenters. The summed E-state index contributed by atoms with van der Waals surface area (Å²) in [4.78, 5) is 4.03. The third kappa shape index (κ3) is 3.20. The monoisotopic (exact) mass is 210 g/mol. The van der Waals surface area contributed by atoms with E-state index in [4.69, 9.17) is 4.42 Å². The van der Waals surface area contributed by atoms with Crippen LogP contribution in [-0.4, -0.2) is 23.3 Å². The number of oxazole rings is 1. The van der Waals surface area contributed by atoms with Crippen molar-refractivity contribution < 1.29 is 4.42 Å². The lowest BCUT2D eigenvalue weighted by atomic mass is 10.3. The summed E-state index contributed by atoms with van der Waals surface area (Å²) in [7, 11) is 0. The highest BCUT2D eigenvalue weighted by Crippen LogP contribution is 2.20. The van der Waals surface area contributed by atoms with Crippen LogP contribution in [0.5, 0.6) is 0 Å². The Labute approximate surface area is 88.0 Å². The Bertz CT molecular complexity index is 293. The minimum Gasteiger partial charge on any atom is -0.440 e. The van der Waals surface area contributed by atoms with Gasteiger partial charge < -0.3 is 9.73 Å². The van der Waals surface area contributed by atoms with Gasteiger partial charge in [-0.25, -0.2) is 4.98 Å². The normalized spacial score (nSPS) is 15.7. The first-order chi connectivity index (χ1) is 6.84.